The number of aromatic nitrogens is 4. The highest BCUT2D eigenvalue weighted by Gasteiger charge is 2.12. The Morgan fingerprint density at radius 3 is 3.11 bits per heavy atom. The predicted molar refractivity (Wildman–Crippen MR) is 77.9 cm³/mol. The average Bonchev–Trinajstić information content (AvgIpc) is 2.99. The number of hydrogen-bond acceptors (Lipinski definition) is 6. The van der Waals surface area contributed by atoms with Crippen LogP contribution in [0.1, 0.15) is 5.69 Å². The Balaban J connectivity index is 1.82. The van der Waals surface area contributed by atoms with Crippen molar-refractivity contribution >= 4 is 44.9 Å². The quantitative estimate of drug-likeness (QED) is 0.592. The van der Waals surface area contributed by atoms with Crippen LogP contribution in [-0.4, -0.2) is 30.4 Å². The van der Waals surface area contributed by atoms with Gasteiger partial charge < -0.3 is 4.98 Å². The number of thiophene rings is 1. The van der Waals surface area contributed by atoms with Gasteiger partial charge in [0.25, 0.3) is 0 Å². The molecular formula is C11H10N4OS3. The van der Waals surface area contributed by atoms with E-state index in [0.717, 1.165) is 21.8 Å². The van der Waals surface area contributed by atoms with E-state index in [4.69, 9.17) is 0 Å². The molecule has 3 aromatic rings. The van der Waals surface area contributed by atoms with Gasteiger partial charge in [-0.05, 0) is 12.3 Å². The van der Waals surface area contributed by atoms with Crippen molar-refractivity contribution in [1.82, 2.24) is 19.9 Å². The Kier molecular flexibility index (Phi) is 3.63. The predicted octanol–water partition coefficient (Wildman–Crippen LogP) is 2.44. The molecule has 0 fully saturated rings. The zero-order valence-electron chi connectivity index (χ0n) is 9.99. The summed E-state index contributed by atoms with van der Waals surface area (Å²) in [5.41, 5.74) is 2.55. The third-order valence-corrected chi connectivity index (χ3v) is 5.06. The van der Waals surface area contributed by atoms with Crippen LogP contribution in [0, 0.1) is 0 Å². The summed E-state index contributed by atoms with van der Waals surface area (Å²) in [4.78, 5) is 15.6. The zero-order chi connectivity index (χ0) is 13.2. The molecule has 19 heavy (non-hydrogen) atoms. The molecule has 0 aromatic carbocycles. The number of nitrogens with zero attached hydrogens (tertiary/aromatic N) is 3. The second-order valence-electron chi connectivity index (χ2n) is 3.75. The molecule has 98 valence electrons. The van der Waals surface area contributed by atoms with Gasteiger partial charge in [-0.25, -0.2) is 15.0 Å². The van der Waals surface area contributed by atoms with Crippen LogP contribution in [-0.2, 0) is 16.6 Å². The summed E-state index contributed by atoms with van der Waals surface area (Å²) in [6, 6.07) is 1.85. The van der Waals surface area contributed by atoms with Crippen molar-refractivity contribution < 1.29 is 4.21 Å². The van der Waals surface area contributed by atoms with Crippen LogP contribution >= 0.6 is 23.1 Å². The Morgan fingerprint density at radius 1 is 1.42 bits per heavy atom. The molecule has 0 aliphatic heterocycles. The van der Waals surface area contributed by atoms with Crippen molar-refractivity contribution in [2.24, 2.45) is 0 Å². The number of H-pyrrole nitrogens is 1. The van der Waals surface area contributed by atoms with Gasteiger partial charge in [-0.15, -0.1) is 23.1 Å². The van der Waals surface area contributed by atoms with E-state index in [1.165, 1.54) is 18.1 Å². The second-order valence-corrected chi connectivity index (χ2v) is 6.69. The molecule has 5 nitrogen and oxygen atoms in total. The first-order valence-electron chi connectivity index (χ1n) is 5.41. The van der Waals surface area contributed by atoms with Gasteiger partial charge in [-0.2, -0.15) is 0 Å². The highest BCUT2D eigenvalue weighted by Crippen LogP contribution is 2.19. The molecule has 1 unspecified atom stereocenters. The molecule has 1 atom stereocenters. The zero-order valence-corrected chi connectivity index (χ0v) is 12.4. The topological polar surface area (TPSA) is 71.5 Å². The summed E-state index contributed by atoms with van der Waals surface area (Å²) in [6.07, 6.45) is 3.45. The largest absolute Gasteiger partial charge is 0.330 e. The first kappa shape index (κ1) is 12.8. The lowest BCUT2D eigenvalue weighted by Gasteiger charge is -2.00. The Hall–Kier alpha value is -1.25. The molecule has 0 saturated heterocycles. The third kappa shape index (κ3) is 2.70. The number of hydrogen-bond donors (Lipinski definition) is 1. The van der Waals surface area contributed by atoms with Gasteiger partial charge in [0.1, 0.15) is 11.8 Å². The van der Waals surface area contributed by atoms with Crippen LogP contribution in [0.3, 0.4) is 0 Å². The fraction of sp³-hybridized carbons (Fsp3) is 0.182. The molecule has 0 bridgehead atoms. The van der Waals surface area contributed by atoms with E-state index in [2.05, 4.69) is 19.9 Å². The van der Waals surface area contributed by atoms with Crippen molar-refractivity contribution in [2.45, 2.75) is 15.9 Å². The second kappa shape index (κ2) is 5.40. The van der Waals surface area contributed by atoms with Crippen molar-refractivity contribution in [1.29, 1.82) is 0 Å². The van der Waals surface area contributed by atoms with Crippen LogP contribution in [0.2, 0.25) is 0 Å². The average molecular weight is 310 g/mol. The van der Waals surface area contributed by atoms with Crippen molar-refractivity contribution in [3.63, 3.8) is 0 Å². The molecule has 0 aliphatic carbocycles. The molecule has 3 heterocycles. The fourth-order valence-electron chi connectivity index (χ4n) is 1.60. The van der Waals surface area contributed by atoms with Gasteiger partial charge in [0.2, 0.25) is 0 Å². The highest BCUT2D eigenvalue weighted by molar-refractivity contribution is 7.98. The SMILES string of the molecule is CSc1cc(CS(=O)c2nc3cscc3[nH]2)ncn1. The van der Waals surface area contributed by atoms with Crippen molar-refractivity contribution in [2.75, 3.05) is 6.26 Å². The van der Waals surface area contributed by atoms with Crippen LogP contribution in [0.5, 0.6) is 0 Å². The molecule has 0 radical (unpaired) electrons. The Morgan fingerprint density at radius 2 is 2.32 bits per heavy atom. The summed E-state index contributed by atoms with van der Waals surface area (Å²) < 4.78 is 12.2. The van der Waals surface area contributed by atoms with Crippen LogP contribution in [0.4, 0.5) is 0 Å². The molecule has 3 rings (SSSR count). The molecule has 0 spiro atoms. The van der Waals surface area contributed by atoms with Crippen molar-refractivity contribution in [3.05, 3.63) is 28.8 Å². The first-order chi connectivity index (χ1) is 9.26. The molecular weight excluding hydrogens is 300 g/mol. The van der Waals surface area contributed by atoms with Gasteiger partial charge in [0, 0.05) is 10.8 Å². The number of rotatable bonds is 4. The van der Waals surface area contributed by atoms with Gasteiger partial charge in [-0.3, -0.25) is 4.21 Å². The first-order valence-corrected chi connectivity index (χ1v) is 8.90. The van der Waals surface area contributed by atoms with Gasteiger partial charge in [-0.1, -0.05) is 0 Å². The van der Waals surface area contributed by atoms with E-state index in [1.807, 2.05) is 23.1 Å². The summed E-state index contributed by atoms with van der Waals surface area (Å²) in [5.74, 6) is 0.343. The monoisotopic (exact) mass is 310 g/mol. The van der Waals surface area contributed by atoms with Gasteiger partial charge in [0.05, 0.1) is 32.8 Å². The van der Waals surface area contributed by atoms with Gasteiger partial charge >= 0.3 is 0 Å². The lowest BCUT2D eigenvalue weighted by atomic mass is 10.5. The smallest absolute Gasteiger partial charge is 0.197 e. The fourth-order valence-corrected chi connectivity index (χ4v) is 3.69. The van der Waals surface area contributed by atoms with Crippen LogP contribution in [0.15, 0.2) is 33.3 Å². The Bertz CT molecular complexity index is 708. The minimum absolute atomic E-state index is 0.343. The van der Waals surface area contributed by atoms with E-state index >= 15 is 0 Å². The van der Waals surface area contributed by atoms with E-state index in [0.29, 0.717) is 10.9 Å². The Labute approximate surface area is 120 Å². The molecule has 0 aliphatic rings. The minimum Gasteiger partial charge on any atom is -0.330 e. The molecule has 8 heteroatoms. The maximum absolute atomic E-state index is 12.2. The number of imidazole rings is 1. The normalized spacial score (nSPS) is 12.9. The summed E-state index contributed by atoms with van der Waals surface area (Å²) in [6.45, 7) is 0. The van der Waals surface area contributed by atoms with E-state index in [-0.39, 0.29) is 0 Å². The summed E-state index contributed by atoms with van der Waals surface area (Å²) in [7, 11) is -1.22. The van der Waals surface area contributed by atoms with Crippen LogP contribution < -0.4 is 0 Å². The standard InChI is InChI=1S/C11H10N4OS3/c1-17-10-2-7(12-6-13-10)5-19(16)11-14-8-3-18-4-9(8)15-11/h2-4,6H,5H2,1H3,(H,14,15). The van der Waals surface area contributed by atoms with Gasteiger partial charge in [0.15, 0.2) is 5.16 Å². The molecule has 1 N–H and O–H groups in total. The lowest BCUT2D eigenvalue weighted by molar-refractivity contribution is 0.676. The van der Waals surface area contributed by atoms with Crippen LogP contribution in [0.25, 0.3) is 11.0 Å². The minimum atomic E-state index is -1.22. The summed E-state index contributed by atoms with van der Waals surface area (Å²) >= 11 is 3.11. The number of thioether (sulfide) groups is 1. The summed E-state index contributed by atoms with van der Waals surface area (Å²) in [5, 5.41) is 5.27. The maximum atomic E-state index is 12.2. The molecule has 0 saturated carbocycles. The van der Waals surface area contributed by atoms with E-state index < -0.39 is 10.8 Å². The van der Waals surface area contributed by atoms with Crippen molar-refractivity contribution in [3.8, 4) is 0 Å². The van der Waals surface area contributed by atoms with E-state index in [1.54, 1.807) is 11.3 Å². The lowest BCUT2D eigenvalue weighted by Crippen LogP contribution is -2.01. The third-order valence-electron chi connectivity index (χ3n) is 2.51. The number of fused-ring (bicyclic) bond motifs is 1. The maximum Gasteiger partial charge on any atom is 0.197 e. The van der Waals surface area contributed by atoms with E-state index in [9.17, 15) is 4.21 Å². The highest BCUT2D eigenvalue weighted by atomic mass is 32.2. The molecule has 3 aromatic heterocycles. The molecule has 0 amide bonds. The number of aromatic amines is 1. The number of nitrogens with one attached hydrogen (secondary N) is 1.